The molecule has 0 atom stereocenters. The predicted molar refractivity (Wildman–Crippen MR) is 50.6 cm³/mol. The van der Waals surface area contributed by atoms with Gasteiger partial charge < -0.3 is 10.0 Å². The highest BCUT2D eigenvalue weighted by Gasteiger charge is 2.24. The minimum absolute atomic E-state index is 0.159. The lowest BCUT2D eigenvalue weighted by atomic mass is 9.79. The van der Waals surface area contributed by atoms with Gasteiger partial charge in [0.2, 0.25) is 5.95 Å². The van der Waals surface area contributed by atoms with Gasteiger partial charge in [0.05, 0.1) is 0 Å². The van der Waals surface area contributed by atoms with Crippen molar-refractivity contribution in [3.05, 3.63) is 23.8 Å². The van der Waals surface area contributed by atoms with Gasteiger partial charge in [0.25, 0.3) is 0 Å². The van der Waals surface area contributed by atoms with Crippen molar-refractivity contribution < 1.29 is 14.4 Å². The highest BCUT2D eigenvalue weighted by molar-refractivity contribution is 6.58. The fourth-order valence-electron chi connectivity index (χ4n) is 1.58. The van der Waals surface area contributed by atoms with E-state index < -0.39 is 13.1 Å². The normalized spacial score (nSPS) is 16.5. The van der Waals surface area contributed by atoms with Gasteiger partial charge in [-0.25, -0.2) is 4.98 Å². The maximum Gasteiger partial charge on any atom is 0.493 e. The molecule has 1 aliphatic rings. The van der Waals surface area contributed by atoms with Crippen LogP contribution in [0.15, 0.2) is 12.1 Å². The van der Waals surface area contributed by atoms with Gasteiger partial charge in [-0.15, -0.1) is 0 Å². The summed E-state index contributed by atoms with van der Waals surface area (Å²) in [6, 6.07) is 3.06. The van der Waals surface area contributed by atoms with Crippen molar-refractivity contribution in [3.8, 4) is 0 Å². The Kier molecular flexibility index (Phi) is 2.52. The molecule has 1 fully saturated rings. The summed E-state index contributed by atoms with van der Waals surface area (Å²) in [6.07, 6.45) is 3.26. The monoisotopic (exact) mass is 195 g/mol. The van der Waals surface area contributed by atoms with Gasteiger partial charge in [-0.05, 0) is 18.9 Å². The second-order valence-corrected chi connectivity index (χ2v) is 3.62. The topological polar surface area (TPSA) is 53.4 Å². The molecule has 74 valence electrons. The van der Waals surface area contributed by atoms with E-state index in [4.69, 9.17) is 10.0 Å². The zero-order chi connectivity index (χ0) is 10.1. The first kappa shape index (κ1) is 9.61. The number of nitrogens with zero attached hydrogens (tertiary/aromatic N) is 1. The molecule has 2 rings (SSSR count). The van der Waals surface area contributed by atoms with E-state index in [-0.39, 0.29) is 5.46 Å². The van der Waals surface area contributed by atoms with Crippen molar-refractivity contribution in [1.82, 2.24) is 4.98 Å². The molecule has 5 heteroatoms. The van der Waals surface area contributed by atoms with E-state index in [1.165, 1.54) is 12.5 Å². The van der Waals surface area contributed by atoms with E-state index in [2.05, 4.69) is 4.98 Å². The summed E-state index contributed by atoms with van der Waals surface area (Å²) in [5.41, 5.74) is 0.561. The molecule has 0 bridgehead atoms. The minimum atomic E-state index is -1.78. The van der Waals surface area contributed by atoms with Gasteiger partial charge in [-0.2, -0.15) is 4.39 Å². The lowest BCUT2D eigenvalue weighted by Crippen LogP contribution is -2.34. The highest BCUT2D eigenvalue weighted by Crippen LogP contribution is 2.34. The lowest BCUT2D eigenvalue weighted by Gasteiger charge is -2.24. The van der Waals surface area contributed by atoms with Gasteiger partial charge in [-0.1, -0.05) is 12.5 Å². The molecule has 0 unspecified atom stereocenters. The van der Waals surface area contributed by atoms with Crippen LogP contribution in [0.1, 0.15) is 30.9 Å². The summed E-state index contributed by atoms with van der Waals surface area (Å²) in [5.74, 6) is -0.418. The maximum absolute atomic E-state index is 13.2. The minimum Gasteiger partial charge on any atom is -0.423 e. The summed E-state index contributed by atoms with van der Waals surface area (Å²) in [7, 11) is -1.78. The number of hydrogen-bond acceptors (Lipinski definition) is 3. The van der Waals surface area contributed by atoms with Gasteiger partial charge >= 0.3 is 7.12 Å². The number of aromatic nitrogens is 1. The fraction of sp³-hybridized carbons (Fsp3) is 0.444. The van der Waals surface area contributed by atoms with Crippen LogP contribution >= 0.6 is 0 Å². The molecular weight excluding hydrogens is 184 g/mol. The molecule has 3 nitrogen and oxygen atoms in total. The average Bonchev–Trinajstić information content (AvgIpc) is 2.00. The van der Waals surface area contributed by atoms with Gasteiger partial charge in [0.1, 0.15) is 0 Å². The number of hydrogen-bond donors (Lipinski definition) is 2. The largest absolute Gasteiger partial charge is 0.493 e. The molecule has 0 aromatic carbocycles. The fourth-order valence-corrected chi connectivity index (χ4v) is 1.58. The molecule has 0 aliphatic heterocycles. The van der Waals surface area contributed by atoms with Crippen LogP contribution < -0.4 is 5.46 Å². The smallest absolute Gasteiger partial charge is 0.423 e. The summed E-state index contributed by atoms with van der Waals surface area (Å²) in [5, 5.41) is 17.6. The number of halogens is 1. The summed E-state index contributed by atoms with van der Waals surface area (Å²) >= 11 is 0. The summed E-state index contributed by atoms with van der Waals surface area (Å²) < 4.78 is 13.2. The molecule has 1 aromatic heterocycles. The van der Waals surface area contributed by atoms with Crippen LogP contribution in [0.25, 0.3) is 0 Å². The Hall–Kier alpha value is -0.935. The molecular formula is C9H11BFNO2. The number of pyridine rings is 1. The zero-order valence-electron chi connectivity index (χ0n) is 7.65. The number of rotatable bonds is 2. The van der Waals surface area contributed by atoms with E-state index in [0.717, 1.165) is 18.5 Å². The van der Waals surface area contributed by atoms with Gasteiger partial charge in [0, 0.05) is 17.1 Å². The third kappa shape index (κ3) is 1.65. The molecule has 1 aromatic rings. The van der Waals surface area contributed by atoms with E-state index in [0.29, 0.717) is 5.92 Å². The third-order valence-electron chi connectivity index (χ3n) is 2.70. The first-order valence-electron chi connectivity index (χ1n) is 4.71. The lowest BCUT2D eigenvalue weighted by molar-refractivity contribution is 0.402. The van der Waals surface area contributed by atoms with E-state index in [1.54, 1.807) is 6.07 Å². The van der Waals surface area contributed by atoms with Crippen molar-refractivity contribution in [3.63, 3.8) is 0 Å². The van der Waals surface area contributed by atoms with E-state index >= 15 is 0 Å². The van der Waals surface area contributed by atoms with Crippen molar-refractivity contribution in [2.24, 2.45) is 0 Å². The van der Waals surface area contributed by atoms with Crippen LogP contribution in [-0.2, 0) is 0 Å². The van der Waals surface area contributed by atoms with Crippen LogP contribution in [0, 0.1) is 5.95 Å². The molecule has 1 heterocycles. The zero-order valence-corrected chi connectivity index (χ0v) is 7.65. The Morgan fingerprint density at radius 3 is 2.50 bits per heavy atom. The van der Waals surface area contributed by atoms with E-state index in [1.807, 2.05) is 0 Å². The van der Waals surface area contributed by atoms with E-state index in [9.17, 15) is 4.39 Å². The first-order chi connectivity index (χ1) is 6.68. The second-order valence-electron chi connectivity index (χ2n) is 3.62. The van der Waals surface area contributed by atoms with Crippen molar-refractivity contribution in [2.75, 3.05) is 0 Å². The molecule has 1 saturated carbocycles. The Balaban J connectivity index is 2.25. The first-order valence-corrected chi connectivity index (χ1v) is 4.71. The summed E-state index contributed by atoms with van der Waals surface area (Å²) in [4.78, 5) is 3.73. The quantitative estimate of drug-likeness (QED) is 0.522. The van der Waals surface area contributed by atoms with Crippen molar-refractivity contribution in [2.45, 2.75) is 25.2 Å². The molecule has 0 amide bonds. The molecule has 0 spiro atoms. The van der Waals surface area contributed by atoms with Gasteiger partial charge in [0.15, 0.2) is 0 Å². The molecule has 14 heavy (non-hydrogen) atoms. The van der Waals surface area contributed by atoms with Crippen molar-refractivity contribution >= 4 is 12.6 Å². The van der Waals surface area contributed by atoms with Gasteiger partial charge in [-0.3, -0.25) is 0 Å². The van der Waals surface area contributed by atoms with Crippen LogP contribution in [0.5, 0.6) is 0 Å². The van der Waals surface area contributed by atoms with Crippen LogP contribution in [-0.4, -0.2) is 22.2 Å². The Morgan fingerprint density at radius 1 is 1.36 bits per heavy atom. The standard InChI is InChI=1S/C9H11BFNO2/c11-9-7(10(13)14)4-5-8(12-9)6-2-1-3-6/h4-6,13-14H,1-3H2. The summed E-state index contributed by atoms with van der Waals surface area (Å²) in [6.45, 7) is 0. The average molecular weight is 195 g/mol. The highest BCUT2D eigenvalue weighted by atomic mass is 19.1. The third-order valence-corrected chi connectivity index (χ3v) is 2.70. The van der Waals surface area contributed by atoms with Crippen LogP contribution in [0.4, 0.5) is 4.39 Å². The molecule has 0 radical (unpaired) electrons. The second kappa shape index (κ2) is 3.67. The predicted octanol–water partition coefficient (Wildman–Crippen LogP) is 0.168. The Labute approximate surface area is 81.8 Å². The van der Waals surface area contributed by atoms with Crippen LogP contribution in [0.2, 0.25) is 0 Å². The molecule has 2 N–H and O–H groups in total. The molecule has 0 saturated heterocycles. The maximum atomic E-state index is 13.2. The molecule has 1 aliphatic carbocycles. The Morgan fingerprint density at radius 2 is 2.07 bits per heavy atom. The van der Waals surface area contributed by atoms with Crippen LogP contribution in [0.3, 0.4) is 0 Å². The SMILES string of the molecule is OB(O)c1ccc(C2CCC2)nc1F. The Bertz CT molecular complexity index is 342. The van der Waals surface area contributed by atoms with Crippen molar-refractivity contribution in [1.29, 1.82) is 0 Å².